The van der Waals surface area contributed by atoms with E-state index in [2.05, 4.69) is 26.5 Å². The lowest BCUT2D eigenvalue weighted by Crippen LogP contribution is -2.19. The summed E-state index contributed by atoms with van der Waals surface area (Å²) >= 11 is 3.44. The van der Waals surface area contributed by atoms with Gasteiger partial charge < -0.3 is 9.47 Å². The zero-order valence-corrected chi connectivity index (χ0v) is 19.0. The number of hydrogen-bond acceptors (Lipinski definition) is 6. The van der Waals surface area contributed by atoms with Crippen LogP contribution in [0.15, 0.2) is 70.2 Å². The third-order valence-corrected chi connectivity index (χ3v) is 5.18. The second-order valence-electron chi connectivity index (χ2n) is 6.83. The Bertz CT molecular complexity index is 1170. The quantitative estimate of drug-likeness (QED) is 0.251. The van der Waals surface area contributed by atoms with Crippen LogP contribution < -0.4 is 14.9 Å². The highest BCUT2D eigenvalue weighted by molar-refractivity contribution is 9.10. The number of rotatable bonds is 9. The van der Waals surface area contributed by atoms with Crippen molar-refractivity contribution in [2.45, 2.75) is 13.0 Å². The molecule has 0 aliphatic rings. The standard InChI is InChI=1S/C23H19BrFN3O5/c1-32-21-11-17(13-26-27-23(29)10-15-2-6-18(25)7-3-15)20(24)12-22(21)33-14-16-4-8-19(9-5-16)28(30)31/h2-9,11-13H,10,14H2,1H3,(H,27,29)/b26-13+. The molecular formula is C23H19BrFN3O5. The predicted octanol–water partition coefficient (Wildman–Crippen LogP) is 4.78. The molecule has 8 nitrogen and oxygen atoms in total. The lowest BCUT2D eigenvalue weighted by atomic mass is 10.1. The molecule has 0 saturated carbocycles. The Hall–Kier alpha value is -3.79. The molecule has 0 aliphatic heterocycles. The van der Waals surface area contributed by atoms with Crippen LogP contribution in [0, 0.1) is 15.9 Å². The Kier molecular flexibility index (Phi) is 8.09. The Morgan fingerprint density at radius 3 is 2.42 bits per heavy atom. The second-order valence-corrected chi connectivity index (χ2v) is 7.69. The number of ether oxygens (including phenoxy) is 2. The van der Waals surface area contributed by atoms with Crippen molar-refractivity contribution in [1.29, 1.82) is 0 Å². The Labute approximate surface area is 197 Å². The molecular weight excluding hydrogens is 497 g/mol. The number of hydrazone groups is 1. The monoisotopic (exact) mass is 515 g/mol. The summed E-state index contributed by atoms with van der Waals surface area (Å²) < 4.78 is 24.8. The van der Waals surface area contributed by atoms with Gasteiger partial charge in [-0.1, -0.05) is 12.1 Å². The van der Waals surface area contributed by atoms with E-state index in [9.17, 15) is 19.3 Å². The average Bonchev–Trinajstić information content (AvgIpc) is 2.80. The number of methoxy groups -OCH3 is 1. The van der Waals surface area contributed by atoms with Gasteiger partial charge in [-0.3, -0.25) is 14.9 Å². The summed E-state index contributed by atoms with van der Waals surface area (Å²) in [6.45, 7) is 0.188. The normalized spacial score (nSPS) is 10.8. The minimum absolute atomic E-state index is 0.00692. The second kappa shape index (κ2) is 11.2. The number of amides is 1. The van der Waals surface area contributed by atoms with Crippen molar-refractivity contribution in [3.8, 4) is 11.5 Å². The van der Waals surface area contributed by atoms with Gasteiger partial charge in [0.2, 0.25) is 5.91 Å². The van der Waals surface area contributed by atoms with Gasteiger partial charge in [0.25, 0.3) is 5.69 Å². The molecule has 0 fully saturated rings. The first-order valence-electron chi connectivity index (χ1n) is 9.65. The van der Waals surface area contributed by atoms with Crippen molar-refractivity contribution >= 4 is 33.7 Å². The fourth-order valence-corrected chi connectivity index (χ4v) is 3.22. The van der Waals surface area contributed by atoms with E-state index in [1.165, 1.54) is 49.7 Å². The van der Waals surface area contributed by atoms with E-state index in [0.717, 1.165) is 5.56 Å². The molecule has 0 heterocycles. The van der Waals surface area contributed by atoms with Crippen molar-refractivity contribution in [2.75, 3.05) is 7.11 Å². The molecule has 0 atom stereocenters. The van der Waals surface area contributed by atoms with Crippen LogP contribution >= 0.6 is 15.9 Å². The van der Waals surface area contributed by atoms with Gasteiger partial charge in [-0.25, -0.2) is 9.82 Å². The van der Waals surface area contributed by atoms with Crippen molar-refractivity contribution in [3.05, 3.63) is 97.8 Å². The molecule has 3 aromatic rings. The van der Waals surface area contributed by atoms with Gasteiger partial charge in [0.15, 0.2) is 11.5 Å². The SMILES string of the molecule is COc1cc(/C=N/NC(=O)Cc2ccc(F)cc2)c(Br)cc1OCc1ccc([N+](=O)[O-])cc1. The highest BCUT2D eigenvalue weighted by Crippen LogP contribution is 2.33. The Balaban J connectivity index is 1.62. The smallest absolute Gasteiger partial charge is 0.269 e. The molecule has 0 bridgehead atoms. The van der Waals surface area contributed by atoms with E-state index in [0.29, 0.717) is 27.1 Å². The molecule has 10 heteroatoms. The molecule has 33 heavy (non-hydrogen) atoms. The fraction of sp³-hybridized carbons (Fsp3) is 0.130. The van der Waals surface area contributed by atoms with E-state index in [1.807, 2.05) is 0 Å². The third-order valence-electron chi connectivity index (χ3n) is 4.50. The van der Waals surface area contributed by atoms with Crippen LogP contribution in [-0.4, -0.2) is 24.2 Å². The zero-order valence-electron chi connectivity index (χ0n) is 17.5. The number of nitrogens with one attached hydrogen (secondary N) is 1. The number of nitro benzene ring substituents is 1. The third kappa shape index (κ3) is 6.84. The van der Waals surface area contributed by atoms with Crippen LogP contribution in [0.5, 0.6) is 11.5 Å². The maximum absolute atomic E-state index is 12.9. The van der Waals surface area contributed by atoms with E-state index in [1.54, 1.807) is 24.3 Å². The molecule has 1 amide bonds. The molecule has 0 saturated heterocycles. The molecule has 0 radical (unpaired) electrons. The van der Waals surface area contributed by atoms with Gasteiger partial charge in [0.05, 0.1) is 24.7 Å². The molecule has 0 aromatic heterocycles. The summed E-state index contributed by atoms with van der Waals surface area (Å²) in [5.41, 5.74) is 4.50. The van der Waals surface area contributed by atoms with Crippen LogP contribution in [0.1, 0.15) is 16.7 Å². The molecule has 3 rings (SSSR count). The van der Waals surface area contributed by atoms with Crippen LogP contribution in [0.4, 0.5) is 10.1 Å². The fourth-order valence-electron chi connectivity index (χ4n) is 2.80. The zero-order chi connectivity index (χ0) is 23.8. The van der Waals surface area contributed by atoms with Gasteiger partial charge in [0, 0.05) is 22.2 Å². The van der Waals surface area contributed by atoms with Crippen LogP contribution in [-0.2, 0) is 17.8 Å². The van der Waals surface area contributed by atoms with Crippen LogP contribution in [0.3, 0.4) is 0 Å². The van der Waals surface area contributed by atoms with Crippen LogP contribution in [0.25, 0.3) is 0 Å². The van der Waals surface area contributed by atoms with E-state index in [-0.39, 0.29) is 30.4 Å². The van der Waals surface area contributed by atoms with Crippen molar-refractivity contribution in [1.82, 2.24) is 5.43 Å². The topological polar surface area (TPSA) is 103 Å². The number of carbonyl (C=O) groups is 1. The highest BCUT2D eigenvalue weighted by atomic mass is 79.9. The number of nitro groups is 1. The predicted molar refractivity (Wildman–Crippen MR) is 124 cm³/mol. The van der Waals surface area contributed by atoms with Crippen molar-refractivity contribution in [3.63, 3.8) is 0 Å². The van der Waals surface area contributed by atoms with E-state index in [4.69, 9.17) is 9.47 Å². The van der Waals surface area contributed by atoms with Crippen LogP contribution in [0.2, 0.25) is 0 Å². The molecule has 170 valence electrons. The molecule has 1 N–H and O–H groups in total. The lowest BCUT2D eigenvalue weighted by Gasteiger charge is -2.12. The van der Waals surface area contributed by atoms with Crippen molar-refractivity contribution in [2.24, 2.45) is 5.10 Å². The first kappa shape index (κ1) is 23.9. The maximum atomic E-state index is 12.9. The van der Waals surface area contributed by atoms with Gasteiger partial charge in [-0.15, -0.1) is 0 Å². The number of nitrogens with zero attached hydrogens (tertiary/aromatic N) is 2. The summed E-state index contributed by atoms with van der Waals surface area (Å²) in [5.74, 6) is 0.194. The number of non-ortho nitro benzene ring substituents is 1. The van der Waals surface area contributed by atoms with E-state index < -0.39 is 4.92 Å². The number of carbonyl (C=O) groups excluding carboxylic acids is 1. The highest BCUT2D eigenvalue weighted by Gasteiger charge is 2.11. The summed E-state index contributed by atoms with van der Waals surface area (Å²) in [7, 11) is 1.49. The summed E-state index contributed by atoms with van der Waals surface area (Å²) in [6.07, 6.45) is 1.52. The summed E-state index contributed by atoms with van der Waals surface area (Å²) in [4.78, 5) is 22.3. The van der Waals surface area contributed by atoms with Gasteiger partial charge in [0.1, 0.15) is 12.4 Å². The Morgan fingerprint density at radius 2 is 1.79 bits per heavy atom. The van der Waals surface area contributed by atoms with E-state index >= 15 is 0 Å². The molecule has 0 aliphatic carbocycles. The lowest BCUT2D eigenvalue weighted by molar-refractivity contribution is -0.384. The van der Waals surface area contributed by atoms with Crippen molar-refractivity contribution < 1.29 is 23.6 Å². The van der Waals surface area contributed by atoms with Gasteiger partial charge in [-0.2, -0.15) is 5.10 Å². The minimum Gasteiger partial charge on any atom is -0.493 e. The maximum Gasteiger partial charge on any atom is 0.269 e. The average molecular weight is 516 g/mol. The Morgan fingerprint density at radius 1 is 1.12 bits per heavy atom. The largest absolute Gasteiger partial charge is 0.493 e. The first-order valence-corrected chi connectivity index (χ1v) is 10.4. The number of halogens is 2. The molecule has 3 aromatic carbocycles. The number of benzene rings is 3. The molecule has 0 spiro atoms. The first-order chi connectivity index (χ1) is 15.9. The van der Waals surface area contributed by atoms with Gasteiger partial charge in [-0.05, 0) is 63.5 Å². The van der Waals surface area contributed by atoms with Gasteiger partial charge >= 0.3 is 0 Å². The number of hydrogen-bond donors (Lipinski definition) is 1. The molecule has 0 unspecified atom stereocenters. The summed E-state index contributed by atoms with van der Waals surface area (Å²) in [5, 5.41) is 14.7. The minimum atomic E-state index is -0.462. The summed E-state index contributed by atoms with van der Waals surface area (Å²) in [6, 6.07) is 15.1.